The second-order valence-corrected chi connectivity index (χ2v) is 6.63. The van der Waals surface area contributed by atoms with E-state index in [2.05, 4.69) is 17.1 Å². The van der Waals surface area contributed by atoms with Crippen LogP contribution in [0.2, 0.25) is 0 Å². The largest absolute Gasteiger partial charge is 0.491 e. The maximum atomic E-state index is 12.1. The van der Waals surface area contributed by atoms with Crippen LogP contribution >= 0.6 is 0 Å². The number of rotatable bonds is 8. The maximum Gasteiger partial charge on any atom is 0.240 e. The monoisotopic (exact) mass is 351 g/mol. The highest BCUT2D eigenvalue weighted by atomic mass is 16.5. The number of nitrogens with one attached hydrogen (secondary N) is 1. The summed E-state index contributed by atoms with van der Waals surface area (Å²) >= 11 is 0. The number of amides is 1. The zero-order valence-electron chi connectivity index (χ0n) is 15.4. The lowest BCUT2D eigenvalue weighted by atomic mass is 9.99. The van der Waals surface area contributed by atoms with Crippen molar-refractivity contribution in [3.8, 4) is 5.75 Å². The van der Waals surface area contributed by atoms with Crippen molar-refractivity contribution < 1.29 is 14.3 Å². The first-order chi connectivity index (χ1) is 12.0. The molecule has 1 aliphatic rings. The van der Waals surface area contributed by atoms with Crippen LogP contribution in [0.3, 0.4) is 0 Å². The minimum Gasteiger partial charge on any atom is -0.491 e. The molecule has 1 amide bonds. The Hall–Kier alpha value is -1.86. The summed E-state index contributed by atoms with van der Waals surface area (Å²) in [6.07, 6.45) is 3.95. The fraction of sp³-hybridized carbons (Fsp3) is 0.667. The van der Waals surface area contributed by atoms with Crippen LogP contribution in [0.4, 0.5) is 0 Å². The van der Waals surface area contributed by atoms with Crippen LogP contribution in [0.5, 0.6) is 5.75 Å². The highest BCUT2D eigenvalue weighted by molar-refractivity contribution is 5.75. The Morgan fingerprint density at radius 1 is 1.32 bits per heavy atom. The number of likely N-dealkylation sites (tertiary alicyclic amines) is 1. The molecule has 25 heavy (non-hydrogen) atoms. The number of hydrogen-bond acceptors (Lipinski definition) is 5. The van der Waals surface area contributed by atoms with Crippen LogP contribution in [0, 0.1) is 5.92 Å². The van der Waals surface area contributed by atoms with Crippen LogP contribution < -0.4 is 15.5 Å². The molecular formula is C18H29N3O4. The first-order valence-electron chi connectivity index (χ1n) is 8.78. The number of nitrogens with zero attached hydrogens (tertiary/aromatic N) is 2. The number of piperidine rings is 1. The third kappa shape index (κ3) is 5.86. The quantitative estimate of drug-likeness (QED) is 0.703. The molecule has 0 radical (unpaired) electrons. The summed E-state index contributed by atoms with van der Waals surface area (Å²) in [7, 11) is 3.06. The van der Waals surface area contributed by atoms with Gasteiger partial charge in [-0.05, 0) is 31.8 Å². The zero-order chi connectivity index (χ0) is 18.2. The van der Waals surface area contributed by atoms with Gasteiger partial charge in [-0.2, -0.15) is 0 Å². The first kappa shape index (κ1) is 19.5. The number of hydrogen-bond donors (Lipinski definition) is 1. The summed E-state index contributed by atoms with van der Waals surface area (Å²) in [4.78, 5) is 26.6. The van der Waals surface area contributed by atoms with Gasteiger partial charge >= 0.3 is 0 Å². The smallest absolute Gasteiger partial charge is 0.240 e. The fourth-order valence-electron chi connectivity index (χ4n) is 2.98. The van der Waals surface area contributed by atoms with Gasteiger partial charge in [-0.25, -0.2) is 0 Å². The van der Waals surface area contributed by atoms with Crippen molar-refractivity contribution in [1.82, 2.24) is 14.8 Å². The second kappa shape index (κ2) is 9.58. The van der Waals surface area contributed by atoms with Gasteiger partial charge in [0, 0.05) is 32.0 Å². The molecule has 2 heterocycles. The number of pyridine rings is 1. The lowest BCUT2D eigenvalue weighted by Crippen LogP contribution is -2.35. The van der Waals surface area contributed by atoms with Crippen LogP contribution in [0.1, 0.15) is 25.5 Å². The molecule has 0 spiro atoms. The van der Waals surface area contributed by atoms with Crippen LogP contribution in [0.25, 0.3) is 0 Å². The van der Waals surface area contributed by atoms with E-state index in [-0.39, 0.29) is 23.6 Å². The van der Waals surface area contributed by atoms with Gasteiger partial charge in [0.15, 0.2) is 5.75 Å². The number of carbonyl (C=O) groups is 1. The van der Waals surface area contributed by atoms with E-state index >= 15 is 0 Å². The van der Waals surface area contributed by atoms with E-state index in [9.17, 15) is 9.59 Å². The maximum absolute atomic E-state index is 12.1. The molecule has 7 nitrogen and oxygen atoms in total. The molecule has 1 N–H and O–H groups in total. The molecule has 1 fully saturated rings. The van der Waals surface area contributed by atoms with Gasteiger partial charge in [0.05, 0.1) is 19.9 Å². The van der Waals surface area contributed by atoms with Gasteiger partial charge in [-0.3, -0.25) is 14.5 Å². The van der Waals surface area contributed by atoms with Gasteiger partial charge in [-0.15, -0.1) is 0 Å². The Labute approximate surface area is 148 Å². The van der Waals surface area contributed by atoms with Crippen molar-refractivity contribution in [2.24, 2.45) is 5.92 Å². The van der Waals surface area contributed by atoms with E-state index in [0.29, 0.717) is 19.7 Å². The molecule has 1 saturated heterocycles. The zero-order valence-corrected chi connectivity index (χ0v) is 15.4. The molecule has 0 atom stereocenters. The Morgan fingerprint density at radius 2 is 2.04 bits per heavy atom. The minimum atomic E-state index is -0.154. The summed E-state index contributed by atoms with van der Waals surface area (Å²) in [5, 5.41) is 2.80. The number of aromatic nitrogens is 1. The van der Waals surface area contributed by atoms with E-state index in [1.165, 1.54) is 7.11 Å². The minimum absolute atomic E-state index is 0.115. The van der Waals surface area contributed by atoms with Gasteiger partial charge in [0.1, 0.15) is 6.54 Å². The van der Waals surface area contributed by atoms with E-state index in [4.69, 9.17) is 9.47 Å². The molecular weight excluding hydrogens is 322 g/mol. The summed E-state index contributed by atoms with van der Waals surface area (Å²) in [6, 6.07) is 1.58. The number of methoxy groups -OCH3 is 2. The normalized spacial score (nSPS) is 16.0. The predicted molar refractivity (Wildman–Crippen MR) is 95.8 cm³/mol. The molecule has 0 aliphatic carbocycles. The molecule has 0 aromatic carbocycles. The highest BCUT2D eigenvalue weighted by Crippen LogP contribution is 2.18. The Balaban J connectivity index is 2.11. The van der Waals surface area contributed by atoms with Crippen LogP contribution in [0.15, 0.2) is 17.1 Å². The molecule has 1 aromatic heterocycles. The number of ether oxygens (including phenoxy) is 2. The Morgan fingerprint density at radius 3 is 2.68 bits per heavy atom. The van der Waals surface area contributed by atoms with Crippen molar-refractivity contribution in [2.75, 3.05) is 40.5 Å². The third-order valence-electron chi connectivity index (χ3n) is 4.61. The molecule has 0 bridgehead atoms. The summed E-state index contributed by atoms with van der Waals surface area (Å²) in [6.45, 7) is 6.05. The van der Waals surface area contributed by atoms with Crippen molar-refractivity contribution in [2.45, 2.75) is 32.9 Å². The van der Waals surface area contributed by atoms with Gasteiger partial charge in [0.2, 0.25) is 11.3 Å². The Kier molecular flexibility index (Phi) is 7.46. The van der Waals surface area contributed by atoms with E-state index in [1.807, 2.05) is 0 Å². The van der Waals surface area contributed by atoms with Gasteiger partial charge in [0.25, 0.3) is 0 Å². The van der Waals surface area contributed by atoms with E-state index in [0.717, 1.165) is 37.5 Å². The topological polar surface area (TPSA) is 72.8 Å². The van der Waals surface area contributed by atoms with Crippen molar-refractivity contribution in [3.05, 3.63) is 28.2 Å². The van der Waals surface area contributed by atoms with Gasteiger partial charge in [-0.1, -0.05) is 6.92 Å². The molecule has 1 aromatic rings. The van der Waals surface area contributed by atoms with Crippen LogP contribution in [-0.2, 0) is 22.6 Å². The molecule has 0 saturated carbocycles. The van der Waals surface area contributed by atoms with Crippen molar-refractivity contribution >= 4 is 5.91 Å². The average molecular weight is 351 g/mol. The van der Waals surface area contributed by atoms with Crippen molar-refractivity contribution in [3.63, 3.8) is 0 Å². The first-order valence-corrected chi connectivity index (χ1v) is 8.78. The Bertz CT molecular complexity index is 621. The third-order valence-corrected chi connectivity index (χ3v) is 4.61. The average Bonchev–Trinajstić information content (AvgIpc) is 2.59. The predicted octanol–water partition coefficient (Wildman–Crippen LogP) is 0.851. The summed E-state index contributed by atoms with van der Waals surface area (Å²) < 4.78 is 11.9. The fourth-order valence-corrected chi connectivity index (χ4v) is 2.98. The lowest BCUT2D eigenvalue weighted by Gasteiger charge is -2.31. The van der Waals surface area contributed by atoms with Gasteiger partial charge < -0.3 is 19.4 Å². The molecule has 0 unspecified atom stereocenters. The highest BCUT2D eigenvalue weighted by Gasteiger charge is 2.18. The summed E-state index contributed by atoms with van der Waals surface area (Å²) in [5.41, 5.74) is 0.682. The number of carbonyl (C=O) groups excluding carboxylic acids is 1. The molecule has 7 heteroatoms. The standard InChI is InChI=1S/C18H29N3O4/c1-14-4-7-20(8-5-14)11-15-10-16(22)17(25-3)12-21(15)13-18(23)19-6-9-24-2/h10,12,14H,4-9,11,13H2,1-3H3,(H,19,23). The van der Waals surface area contributed by atoms with Crippen molar-refractivity contribution in [1.29, 1.82) is 0 Å². The second-order valence-electron chi connectivity index (χ2n) is 6.63. The molecule has 140 valence electrons. The van der Waals surface area contributed by atoms with E-state index < -0.39 is 0 Å². The SMILES string of the molecule is COCCNC(=O)Cn1cc(OC)c(=O)cc1CN1CCC(C)CC1. The van der Waals surface area contributed by atoms with E-state index in [1.54, 1.807) is 23.9 Å². The molecule has 2 rings (SSSR count). The summed E-state index contributed by atoms with van der Waals surface area (Å²) in [5.74, 6) is 0.887. The lowest BCUT2D eigenvalue weighted by molar-refractivity contribution is -0.121. The molecule has 1 aliphatic heterocycles. The van der Waals surface area contributed by atoms with Crippen LogP contribution in [-0.4, -0.2) is 55.8 Å².